The summed E-state index contributed by atoms with van der Waals surface area (Å²) in [5, 5.41) is 1.91. The predicted octanol–water partition coefficient (Wildman–Crippen LogP) is 11.8. The number of aromatic nitrogens is 3. The summed E-state index contributed by atoms with van der Waals surface area (Å²) >= 11 is 0. The topological polar surface area (TPSA) is 51.8 Å². The van der Waals surface area contributed by atoms with Gasteiger partial charge in [-0.2, -0.15) is 0 Å². The van der Waals surface area contributed by atoms with Crippen molar-refractivity contribution in [3.8, 4) is 67.5 Å². The first-order valence-electron chi connectivity index (χ1n) is 18.4. The van der Waals surface area contributed by atoms with Crippen LogP contribution in [0, 0.1) is 0 Å². The number of fused-ring (bicyclic) bond motifs is 3. The number of hydrogen-bond donors (Lipinski definition) is 0. The summed E-state index contributed by atoms with van der Waals surface area (Å²) in [5.41, 5.74) is 9.34. The maximum Gasteiger partial charge on any atom is 0.164 e. The Morgan fingerprint density at radius 3 is 1.53 bits per heavy atom. The molecule has 0 aliphatic carbocycles. The molecule has 230 valence electrons. The van der Waals surface area contributed by atoms with Gasteiger partial charge in [0.15, 0.2) is 17.5 Å². The van der Waals surface area contributed by atoms with Crippen LogP contribution in [0.4, 0.5) is 0 Å². The smallest absolute Gasteiger partial charge is 0.164 e. The highest BCUT2D eigenvalue weighted by Crippen LogP contribution is 2.39. The molecule has 4 nitrogen and oxygen atoms in total. The molecule has 9 rings (SSSR count). The fraction of sp³-hybridized carbons (Fsp3) is 0. The zero-order valence-corrected chi connectivity index (χ0v) is 26.1. The fourth-order valence-corrected chi connectivity index (χ4v) is 6.23. The Morgan fingerprint density at radius 1 is 0.388 bits per heavy atom. The van der Waals surface area contributed by atoms with E-state index in [-0.39, 0.29) is 29.3 Å². The first kappa shape index (κ1) is 23.6. The Hall–Kier alpha value is -6.65. The van der Waals surface area contributed by atoms with E-state index in [0.29, 0.717) is 22.5 Å². The summed E-state index contributed by atoms with van der Waals surface area (Å²) in [6, 6.07) is 46.5. The molecule has 0 aliphatic heterocycles. The lowest BCUT2D eigenvalue weighted by Gasteiger charge is -2.09. The summed E-state index contributed by atoms with van der Waals surface area (Å²) in [7, 11) is 0. The van der Waals surface area contributed by atoms with E-state index < -0.39 is 18.1 Å². The number of furan rings is 1. The highest BCUT2D eigenvalue weighted by atomic mass is 16.3. The third kappa shape index (κ3) is 5.45. The Kier molecular flexibility index (Phi) is 5.87. The van der Waals surface area contributed by atoms with Gasteiger partial charge in [-0.15, -0.1) is 0 Å². The van der Waals surface area contributed by atoms with Crippen LogP contribution in [0.2, 0.25) is 0 Å². The van der Waals surface area contributed by atoms with Gasteiger partial charge in [-0.1, -0.05) is 158 Å². The molecular weight excluding hydrogens is 599 g/mol. The summed E-state index contributed by atoms with van der Waals surface area (Å²) in [6.45, 7) is 0. The van der Waals surface area contributed by atoms with E-state index in [0.717, 1.165) is 38.6 Å². The van der Waals surface area contributed by atoms with Gasteiger partial charge in [0.05, 0.1) is 6.85 Å². The average molecular weight is 633 g/mol. The second kappa shape index (κ2) is 12.2. The van der Waals surface area contributed by atoms with Crippen molar-refractivity contribution in [1.82, 2.24) is 15.0 Å². The lowest BCUT2D eigenvalue weighted by atomic mass is 9.96. The molecule has 0 atom stereocenters. The van der Waals surface area contributed by atoms with E-state index in [1.165, 1.54) is 11.1 Å². The van der Waals surface area contributed by atoms with Crippen molar-refractivity contribution in [3.63, 3.8) is 0 Å². The van der Waals surface area contributed by atoms with Crippen molar-refractivity contribution in [2.75, 3.05) is 0 Å². The molecule has 0 saturated carbocycles. The molecule has 0 aliphatic rings. The van der Waals surface area contributed by atoms with Crippen molar-refractivity contribution in [3.05, 3.63) is 176 Å². The number of benzene rings is 7. The van der Waals surface area contributed by atoms with Gasteiger partial charge in [-0.05, 0) is 51.6 Å². The summed E-state index contributed by atoms with van der Waals surface area (Å²) in [4.78, 5) is 14.1. The third-order valence-electron chi connectivity index (χ3n) is 8.67. The average Bonchev–Trinajstić information content (AvgIpc) is 3.61. The van der Waals surface area contributed by atoms with Crippen LogP contribution in [0.25, 0.3) is 89.5 Å². The predicted molar refractivity (Wildman–Crippen MR) is 200 cm³/mol. The summed E-state index contributed by atoms with van der Waals surface area (Å²) < 4.78 is 48.1. The molecule has 0 N–H and O–H groups in total. The Labute approximate surface area is 291 Å². The second-order valence-electron chi connectivity index (χ2n) is 11.7. The molecule has 0 radical (unpaired) electrons. The number of rotatable bonds is 6. The highest BCUT2D eigenvalue weighted by molar-refractivity contribution is 6.13. The first-order chi connectivity index (χ1) is 26.3. The van der Waals surface area contributed by atoms with Crippen molar-refractivity contribution >= 4 is 21.9 Å². The Balaban J connectivity index is 1.11. The minimum atomic E-state index is -0.481. The van der Waals surface area contributed by atoms with Crippen LogP contribution in [0.1, 0.15) is 6.85 Å². The van der Waals surface area contributed by atoms with E-state index in [2.05, 4.69) is 76.7 Å². The van der Waals surface area contributed by atoms with Crippen LogP contribution in [-0.4, -0.2) is 15.0 Å². The maximum absolute atomic E-state index is 8.59. The van der Waals surface area contributed by atoms with Gasteiger partial charge in [0.25, 0.3) is 0 Å². The van der Waals surface area contributed by atoms with Crippen LogP contribution in [0.15, 0.2) is 180 Å². The van der Waals surface area contributed by atoms with Crippen LogP contribution in [-0.2, 0) is 0 Å². The molecule has 0 spiro atoms. The number of hydrogen-bond acceptors (Lipinski definition) is 4. The molecule has 0 unspecified atom stereocenters. The van der Waals surface area contributed by atoms with Crippen molar-refractivity contribution in [1.29, 1.82) is 0 Å². The van der Waals surface area contributed by atoms with Gasteiger partial charge in [-0.25, -0.2) is 15.0 Å². The lowest BCUT2D eigenvalue weighted by molar-refractivity contribution is 0.669. The van der Waals surface area contributed by atoms with Crippen molar-refractivity contribution in [2.45, 2.75) is 0 Å². The maximum atomic E-state index is 8.59. The molecular formula is C45H29N3O. The zero-order valence-electron chi connectivity index (χ0n) is 31.1. The van der Waals surface area contributed by atoms with Gasteiger partial charge >= 0.3 is 0 Å². The van der Waals surface area contributed by atoms with E-state index in [9.17, 15) is 0 Å². The first-order valence-corrected chi connectivity index (χ1v) is 15.9. The van der Waals surface area contributed by atoms with Gasteiger partial charge in [0.2, 0.25) is 0 Å². The standard InChI is InChI=1S/C45H29N3O/c1-4-11-30(12-5-1)31-19-21-32(22-20-31)33-23-25-34(26-24-33)38-17-10-18-40-42(38)39-28-27-37(29-41(39)49-40)45-47-43(35-13-6-2-7-14-35)46-44(48-45)36-15-8-3-9-16-36/h1-29H/i2D,6D,7D,13D,14D. The van der Waals surface area contributed by atoms with Crippen LogP contribution in [0.3, 0.4) is 0 Å². The minimum Gasteiger partial charge on any atom is -0.456 e. The van der Waals surface area contributed by atoms with Gasteiger partial charge < -0.3 is 4.42 Å². The van der Waals surface area contributed by atoms with Crippen LogP contribution in [0.5, 0.6) is 0 Å². The zero-order chi connectivity index (χ0) is 36.9. The Morgan fingerprint density at radius 2 is 0.898 bits per heavy atom. The molecule has 0 amide bonds. The second-order valence-corrected chi connectivity index (χ2v) is 11.7. The van der Waals surface area contributed by atoms with E-state index in [1.54, 1.807) is 0 Å². The minimum absolute atomic E-state index is 0.0153. The molecule has 0 bridgehead atoms. The number of nitrogens with zero attached hydrogens (tertiary/aromatic N) is 3. The van der Waals surface area contributed by atoms with Gasteiger partial charge in [-0.3, -0.25) is 0 Å². The molecule has 0 saturated heterocycles. The van der Waals surface area contributed by atoms with E-state index >= 15 is 0 Å². The SMILES string of the molecule is [2H]c1c([2H])c([2H])c(-c2nc(-c3ccccc3)nc(-c3ccc4c(c3)oc3cccc(-c5ccc(-c6ccc(-c7ccccc7)cc6)cc5)c34)n2)c([2H])c1[2H]. The summed E-state index contributed by atoms with van der Waals surface area (Å²) in [5.74, 6) is 0.573. The monoisotopic (exact) mass is 632 g/mol. The fourth-order valence-electron chi connectivity index (χ4n) is 6.23. The third-order valence-corrected chi connectivity index (χ3v) is 8.67. The summed E-state index contributed by atoms with van der Waals surface area (Å²) in [6.07, 6.45) is 0. The molecule has 7 aromatic carbocycles. The van der Waals surface area contributed by atoms with Crippen molar-refractivity contribution < 1.29 is 11.3 Å². The quantitative estimate of drug-likeness (QED) is 0.183. The largest absolute Gasteiger partial charge is 0.456 e. The lowest BCUT2D eigenvalue weighted by Crippen LogP contribution is -2.00. The molecule has 0 fully saturated rings. The van der Waals surface area contributed by atoms with Gasteiger partial charge in [0.1, 0.15) is 11.2 Å². The van der Waals surface area contributed by atoms with Crippen LogP contribution >= 0.6 is 0 Å². The van der Waals surface area contributed by atoms with Crippen molar-refractivity contribution in [2.24, 2.45) is 0 Å². The van der Waals surface area contributed by atoms with Gasteiger partial charge in [0, 0.05) is 27.5 Å². The molecule has 49 heavy (non-hydrogen) atoms. The Bertz CT molecular complexity index is 2830. The molecule has 4 heteroatoms. The molecule has 2 aromatic heterocycles. The van der Waals surface area contributed by atoms with E-state index in [1.807, 2.05) is 78.9 Å². The van der Waals surface area contributed by atoms with E-state index in [4.69, 9.17) is 16.3 Å². The highest BCUT2D eigenvalue weighted by Gasteiger charge is 2.16. The van der Waals surface area contributed by atoms with Crippen LogP contribution < -0.4 is 0 Å². The normalized spacial score (nSPS) is 12.7. The molecule has 9 aromatic rings. The molecule has 2 heterocycles.